The van der Waals surface area contributed by atoms with Crippen LogP contribution in [0.5, 0.6) is 0 Å². The number of anilines is 4. The monoisotopic (exact) mass is 392 g/mol. The third kappa shape index (κ3) is 5.36. The molecule has 7 nitrogen and oxygen atoms in total. The van der Waals surface area contributed by atoms with Crippen molar-refractivity contribution in [2.24, 2.45) is 0 Å². The molecule has 4 rings (SSSR count). The van der Waals surface area contributed by atoms with E-state index < -0.39 is 0 Å². The predicted octanol–water partition coefficient (Wildman–Crippen LogP) is 3.84. The lowest BCUT2D eigenvalue weighted by molar-refractivity contribution is 0.102. The average molecular weight is 393 g/mol. The van der Waals surface area contributed by atoms with Crippen LogP contribution in [0.4, 0.5) is 23.0 Å². The van der Waals surface area contributed by atoms with Gasteiger partial charge in [-0.15, -0.1) is 0 Å². The number of nitrogens with zero attached hydrogens (tertiary/aromatic N) is 2. The molecular weight excluding hydrogens is 364 g/mol. The van der Waals surface area contributed by atoms with E-state index in [-0.39, 0.29) is 5.91 Å². The van der Waals surface area contributed by atoms with Gasteiger partial charge in [0.25, 0.3) is 5.91 Å². The molecule has 152 valence electrons. The maximum Gasteiger partial charge on any atom is 0.273 e. The molecule has 0 saturated carbocycles. The zero-order chi connectivity index (χ0) is 20.5. The number of H-pyrrole nitrogens is 1. The molecule has 7 heteroatoms. The molecule has 1 amide bonds. The van der Waals surface area contributed by atoms with Crippen molar-refractivity contribution in [2.75, 3.05) is 41.7 Å². The first-order chi connectivity index (χ1) is 14.3. The Balaban J connectivity index is 0.00000117. The van der Waals surface area contributed by atoms with Gasteiger partial charge < -0.3 is 25.8 Å². The summed E-state index contributed by atoms with van der Waals surface area (Å²) in [5.74, 6) is 0.313. The molecule has 4 N–H and O–H groups in total. The van der Waals surface area contributed by atoms with Crippen LogP contribution in [0.3, 0.4) is 0 Å². The van der Waals surface area contributed by atoms with Gasteiger partial charge in [-0.25, -0.2) is 4.98 Å². The Morgan fingerprint density at radius 2 is 1.69 bits per heavy atom. The summed E-state index contributed by atoms with van der Waals surface area (Å²) in [5.41, 5.74) is 3.15. The van der Waals surface area contributed by atoms with E-state index in [1.165, 1.54) is 6.20 Å². The number of carbonyl (C=O) groups is 1. The highest BCUT2D eigenvalue weighted by Crippen LogP contribution is 2.26. The van der Waals surface area contributed by atoms with E-state index in [1.54, 1.807) is 0 Å². The molecule has 1 saturated heterocycles. The van der Waals surface area contributed by atoms with Crippen molar-refractivity contribution in [1.82, 2.24) is 15.3 Å². The topological polar surface area (TPSA) is 85.1 Å². The lowest BCUT2D eigenvalue weighted by Crippen LogP contribution is -2.43. The summed E-state index contributed by atoms with van der Waals surface area (Å²) in [5, 5.41) is 9.49. The second-order valence-electron chi connectivity index (χ2n) is 6.34. The normalized spacial score (nSPS) is 13.2. The second kappa shape index (κ2) is 10.3. The number of nitrogens with one attached hydrogen (secondary N) is 4. The Labute approximate surface area is 171 Å². The number of amides is 1. The van der Waals surface area contributed by atoms with E-state index in [1.807, 2.05) is 68.4 Å². The standard InChI is InChI=1S/C20H22N6O.C2H6/c27-19(17-14-22-20(25-17)23-15-6-2-1-3-7-15)24-16-8-4-5-9-18(16)26-12-10-21-11-13-26;1-2/h1-9,14,21H,10-13H2,(H,24,27)(H2,22,23,25);1-2H3. The van der Waals surface area contributed by atoms with Gasteiger partial charge in [0.15, 0.2) is 0 Å². The molecule has 29 heavy (non-hydrogen) atoms. The van der Waals surface area contributed by atoms with Crippen LogP contribution >= 0.6 is 0 Å². The van der Waals surface area contributed by atoms with Gasteiger partial charge in [-0.2, -0.15) is 0 Å². The molecule has 0 bridgehead atoms. The number of para-hydroxylation sites is 3. The summed E-state index contributed by atoms with van der Waals surface area (Å²) in [7, 11) is 0. The number of aromatic amines is 1. The lowest BCUT2D eigenvalue weighted by Gasteiger charge is -2.31. The number of imidazole rings is 1. The number of benzene rings is 2. The van der Waals surface area contributed by atoms with Crippen LogP contribution in [0.15, 0.2) is 60.8 Å². The molecule has 1 aliphatic rings. The van der Waals surface area contributed by atoms with Gasteiger partial charge in [0.1, 0.15) is 5.69 Å². The summed E-state index contributed by atoms with van der Waals surface area (Å²) >= 11 is 0. The van der Waals surface area contributed by atoms with Gasteiger partial charge in [0.2, 0.25) is 5.95 Å². The van der Waals surface area contributed by atoms with E-state index in [0.717, 1.165) is 43.2 Å². The van der Waals surface area contributed by atoms with Crippen molar-refractivity contribution in [1.29, 1.82) is 0 Å². The van der Waals surface area contributed by atoms with Crippen LogP contribution in [0.1, 0.15) is 24.3 Å². The van der Waals surface area contributed by atoms with Crippen molar-refractivity contribution in [3.63, 3.8) is 0 Å². The van der Waals surface area contributed by atoms with E-state index in [9.17, 15) is 4.79 Å². The molecule has 1 aliphatic heterocycles. The second-order valence-corrected chi connectivity index (χ2v) is 6.34. The van der Waals surface area contributed by atoms with Crippen LogP contribution in [-0.4, -0.2) is 42.1 Å². The molecule has 0 unspecified atom stereocenters. The molecule has 0 spiro atoms. The number of hydrogen-bond acceptors (Lipinski definition) is 5. The minimum absolute atomic E-state index is 0.216. The Hall–Kier alpha value is -3.32. The number of aromatic nitrogens is 2. The molecule has 1 aromatic heterocycles. The summed E-state index contributed by atoms with van der Waals surface area (Å²) in [6, 6.07) is 17.6. The number of piperazine rings is 1. The quantitative estimate of drug-likeness (QED) is 0.530. The zero-order valence-corrected chi connectivity index (χ0v) is 16.9. The van der Waals surface area contributed by atoms with Crippen molar-refractivity contribution in [3.8, 4) is 0 Å². The summed E-state index contributed by atoms with van der Waals surface area (Å²) in [6.07, 6.45) is 1.54. The molecule has 0 atom stereocenters. The Morgan fingerprint density at radius 3 is 2.45 bits per heavy atom. The highest BCUT2D eigenvalue weighted by atomic mass is 16.1. The van der Waals surface area contributed by atoms with Gasteiger partial charge in [0, 0.05) is 31.9 Å². The zero-order valence-electron chi connectivity index (χ0n) is 16.9. The first kappa shape index (κ1) is 20.4. The van der Waals surface area contributed by atoms with Crippen LogP contribution < -0.4 is 20.9 Å². The summed E-state index contributed by atoms with van der Waals surface area (Å²) in [6.45, 7) is 7.72. The third-order valence-electron chi connectivity index (χ3n) is 4.47. The minimum Gasteiger partial charge on any atom is -0.367 e. The minimum atomic E-state index is -0.216. The van der Waals surface area contributed by atoms with Crippen molar-refractivity contribution >= 4 is 28.9 Å². The highest BCUT2D eigenvalue weighted by Gasteiger charge is 2.16. The van der Waals surface area contributed by atoms with Gasteiger partial charge in [-0.05, 0) is 24.3 Å². The van der Waals surface area contributed by atoms with Gasteiger partial charge in [-0.3, -0.25) is 4.79 Å². The first-order valence-corrected chi connectivity index (χ1v) is 10.0. The van der Waals surface area contributed by atoms with Crippen LogP contribution in [0.2, 0.25) is 0 Å². The Kier molecular flexibility index (Phi) is 7.24. The number of carbonyl (C=O) groups excluding carboxylic acids is 1. The van der Waals surface area contributed by atoms with E-state index >= 15 is 0 Å². The number of hydrogen-bond donors (Lipinski definition) is 4. The Bertz CT molecular complexity index is 902. The Morgan fingerprint density at radius 1 is 1.00 bits per heavy atom. The number of rotatable bonds is 5. The third-order valence-corrected chi connectivity index (χ3v) is 4.47. The maximum atomic E-state index is 12.7. The fourth-order valence-electron chi connectivity index (χ4n) is 3.11. The predicted molar refractivity (Wildman–Crippen MR) is 119 cm³/mol. The van der Waals surface area contributed by atoms with E-state index in [4.69, 9.17) is 0 Å². The summed E-state index contributed by atoms with van der Waals surface area (Å²) < 4.78 is 0. The molecule has 1 fully saturated rings. The molecule has 0 aliphatic carbocycles. The fourth-order valence-corrected chi connectivity index (χ4v) is 3.11. The SMILES string of the molecule is CC.O=C(Nc1ccccc1N1CCNCC1)c1cnc(Nc2ccccc2)[nH]1. The van der Waals surface area contributed by atoms with E-state index in [2.05, 4.69) is 30.8 Å². The van der Waals surface area contributed by atoms with Crippen LogP contribution in [0.25, 0.3) is 0 Å². The molecule has 2 heterocycles. The molecule has 2 aromatic carbocycles. The van der Waals surface area contributed by atoms with E-state index in [0.29, 0.717) is 11.6 Å². The average Bonchev–Trinajstić information content (AvgIpc) is 3.25. The van der Waals surface area contributed by atoms with Gasteiger partial charge in [-0.1, -0.05) is 44.2 Å². The largest absolute Gasteiger partial charge is 0.367 e. The van der Waals surface area contributed by atoms with Crippen molar-refractivity contribution < 1.29 is 4.79 Å². The lowest BCUT2D eigenvalue weighted by atomic mass is 10.2. The maximum absolute atomic E-state index is 12.7. The fraction of sp³-hybridized carbons (Fsp3) is 0.273. The van der Waals surface area contributed by atoms with Crippen LogP contribution in [0, 0.1) is 0 Å². The van der Waals surface area contributed by atoms with Crippen molar-refractivity contribution in [3.05, 3.63) is 66.5 Å². The molecule has 3 aromatic rings. The highest BCUT2D eigenvalue weighted by molar-refractivity contribution is 6.04. The molecule has 0 radical (unpaired) electrons. The smallest absolute Gasteiger partial charge is 0.273 e. The van der Waals surface area contributed by atoms with Gasteiger partial charge in [0.05, 0.1) is 17.6 Å². The van der Waals surface area contributed by atoms with Crippen LogP contribution in [-0.2, 0) is 0 Å². The first-order valence-electron chi connectivity index (χ1n) is 10.0. The summed E-state index contributed by atoms with van der Waals surface area (Å²) in [4.78, 5) is 22.2. The molecular formula is C22H28N6O. The van der Waals surface area contributed by atoms with Crippen molar-refractivity contribution in [2.45, 2.75) is 13.8 Å². The van der Waals surface area contributed by atoms with Gasteiger partial charge >= 0.3 is 0 Å².